The monoisotopic (exact) mass is 266 g/mol. The van der Waals surface area contributed by atoms with E-state index < -0.39 is 6.04 Å². The molecule has 0 aliphatic heterocycles. The number of likely N-dealkylation sites (N-methyl/N-ethyl adjacent to an activating group) is 1. The molecule has 1 amide bonds. The normalized spacial score (nSPS) is 11.8. The Labute approximate surface area is 119 Å². The number of nitrogens with two attached hydrogens (primary N) is 1. The van der Waals surface area contributed by atoms with Crippen molar-refractivity contribution in [2.75, 3.05) is 7.05 Å². The summed E-state index contributed by atoms with van der Waals surface area (Å²) in [6.07, 6.45) is 5.45. The number of amides is 1. The van der Waals surface area contributed by atoms with Gasteiger partial charge in [0.1, 0.15) is 0 Å². The highest BCUT2D eigenvalue weighted by Gasteiger charge is 2.17. The van der Waals surface area contributed by atoms with Crippen LogP contribution in [0.15, 0.2) is 42.5 Å². The number of rotatable bonds is 4. The van der Waals surface area contributed by atoms with E-state index >= 15 is 0 Å². The molecular formula is C17H18N2O. The lowest BCUT2D eigenvalue weighted by Crippen LogP contribution is -2.41. The molecule has 2 rings (SSSR count). The van der Waals surface area contributed by atoms with Crippen LogP contribution >= 0.6 is 0 Å². The molecule has 0 aromatic heterocycles. The molecule has 2 N–H and O–H groups in total. The lowest BCUT2D eigenvalue weighted by atomic mass is 10.1. The van der Waals surface area contributed by atoms with Crippen LogP contribution in [-0.2, 0) is 11.3 Å². The zero-order valence-corrected chi connectivity index (χ0v) is 11.5. The van der Waals surface area contributed by atoms with Gasteiger partial charge in [0.2, 0.25) is 5.91 Å². The Kier molecular flexibility index (Phi) is 4.39. The van der Waals surface area contributed by atoms with E-state index in [-0.39, 0.29) is 12.3 Å². The van der Waals surface area contributed by atoms with Crippen molar-refractivity contribution < 1.29 is 4.79 Å². The van der Waals surface area contributed by atoms with E-state index in [1.807, 2.05) is 18.2 Å². The minimum Gasteiger partial charge on any atom is -0.340 e. The Morgan fingerprint density at radius 2 is 2.00 bits per heavy atom. The van der Waals surface area contributed by atoms with Crippen molar-refractivity contribution in [1.29, 1.82) is 0 Å². The lowest BCUT2D eigenvalue weighted by Gasteiger charge is -2.20. The summed E-state index contributed by atoms with van der Waals surface area (Å²) in [6, 6.07) is 13.7. The van der Waals surface area contributed by atoms with Crippen molar-refractivity contribution in [2.24, 2.45) is 5.73 Å². The van der Waals surface area contributed by atoms with Crippen LogP contribution in [0.5, 0.6) is 0 Å². The molecule has 0 spiro atoms. The number of terminal acetylenes is 1. The Bertz CT molecular complexity index is 657. The van der Waals surface area contributed by atoms with Crippen molar-refractivity contribution in [3.05, 3.63) is 48.0 Å². The fourth-order valence-corrected chi connectivity index (χ4v) is 2.19. The molecule has 1 unspecified atom stereocenters. The van der Waals surface area contributed by atoms with Gasteiger partial charge >= 0.3 is 0 Å². The summed E-state index contributed by atoms with van der Waals surface area (Å²) in [5.74, 6) is 2.29. The van der Waals surface area contributed by atoms with Crippen LogP contribution < -0.4 is 5.73 Å². The molecule has 3 heteroatoms. The second kappa shape index (κ2) is 6.23. The average molecular weight is 266 g/mol. The highest BCUT2D eigenvalue weighted by atomic mass is 16.2. The van der Waals surface area contributed by atoms with Crippen molar-refractivity contribution in [3.8, 4) is 12.3 Å². The molecule has 20 heavy (non-hydrogen) atoms. The SMILES string of the molecule is C#CCC(N)C(=O)N(C)Cc1ccc2ccccc2c1. The predicted molar refractivity (Wildman–Crippen MR) is 81.8 cm³/mol. The third kappa shape index (κ3) is 3.17. The Morgan fingerprint density at radius 1 is 1.30 bits per heavy atom. The molecule has 0 heterocycles. The number of nitrogens with zero attached hydrogens (tertiary/aromatic N) is 1. The summed E-state index contributed by atoms with van der Waals surface area (Å²) >= 11 is 0. The zero-order valence-electron chi connectivity index (χ0n) is 11.5. The topological polar surface area (TPSA) is 46.3 Å². The molecule has 3 nitrogen and oxygen atoms in total. The summed E-state index contributed by atoms with van der Waals surface area (Å²) in [7, 11) is 1.74. The van der Waals surface area contributed by atoms with E-state index in [1.165, 1.54) is 10.8 Å². The smallest absolute Gasteiger partial charge is 0.240 e. The fourth-order valence-electron chi connectivity index (χ4n) is 2.19. The van der Waals surface area contributed by atoms with Crippen LogP contribution in [0.2, 0.25) is 0 Å². The van der Waals surface area contributed by atoms with E-state index in [1.54, 1.807) is 11.9 Å². The molecule has 0 fully saturated rings. The van der Waals surface area contributed by atoms with Gasteiger partial charge in [-0.15, -0.1) is 12.3 Å². The largest absolute Gasteiger partial charge is 0.340 e. The van der Waals surface area contributed by atoms with E-state index in [0.717, 1.165) is 5.56 Å². The summed E-state index contributed by atoms with van der Waals surface area (Å²) in [5, 5.41) is 2.35. The molecule has 2 aromatic rings. The van der Waals surface area contributed by atoms with Crippen LogP contribution in [0, 0.1) is 12.3 Å². The van der Waals surface area contributed by atoms with Crippen molar-refractivity contribution in [1.82, 2.24) is 4.90 Å². The average Bonchev–Trinajstić information content (AvgIpc) is 2.46. The van der Waals surface area contributed by atoms with Crippen molar-refractivity contribution in [3.63, 3.8) is 0 Å². The van der Waals surface area contributed by atoms with Gasteiger partial charge in [-0.3, -0.25) is 4.79 Å². The van der Waals surface area contributed by atoms with Crippen molar-refractivity contribution >= 4 is 16.7 Å². The fraction of sp³-hybridized carbons (Fsp3) is 0.235. The van der Waals surface area contributed by atoms with Gasteiger partial charge in [0.25, 0.3) is 0 Å². The van der Waals surface area contributed by atoms with E-state index in [0.29, 0.717) is 6.54 Å². The second-order valence-corrected chi connectivity index (χ2v) is 4.89. The van der Waals surface area contributed by atoms with Crippen LogP contribution in [-0.4, -0.2) is 23.9 Å². The first-order valence-corrected chi connectivity index (χ1v) is 6.53. The summed E-state index contributed by atoms with van der Waals surface area (Å²) in [4.78, 5) is 13.6. The number of carbonyl (C=O) groups is 1. The van der Waals surface area contributed by atoms with Gasteiger partial charge in [-0.05, 0) is 22.4 Å². The first-order valence-electron chi connectivity index (χ1n) is 6.53. The highest BCUT2D eigenvalue weighted by Crippen LogP contribution is 2.16. The zero-order chi connectivity index (χ0) is 14.5. The third-order valence-corrected chi connectivity index (χ3v) is 3.26. The second-order valence-electron chi connectivity index (χ2n) is 4.89. The standard InChI is InChI=1S/C17H18N2O/c1-3-6-16(18)17(20)19(2)12-13-9-10-14-7-4-5-8-15(14)11-13/h1,4-5,7-11,16H,6,12,18H2,2H3. The van der Waals surface area contributed by atoms with Crippen LogP contribution in [0.25, 0.3) is 10.8 Å². The minimum absolute atomic E-state index is 0.129. The Morgan fingerprint density at radius 3 is 2.70 bits per heavy atom. The van der Waals surface area contributed by atoms with E-state index in [2.05, 4.69) is 30.2 Å². The molecule has 102 valence electrons. The first kappa shape index (κ1) is 14.1. The molecule has 0 saturated heterocycles. The van der Waals surface area contributed by atoms with Gasteiger partial charge in [0.15, 0.2) is 0 Å². The van der Waals surface area contributed by atoms with Gasteiger partial charge in [0, 0.05) is 20.0 Å². The maximum Gasteiger partial charge on any atom is 0.240 e. The summed E-state index contributed by atoms with van der Waals surface area (Å²) in [5.41, 5.74) is 6.82. The van der Waals surface area contributed by atoms with Gasteiger partial charge in [-0.1, -0.05) is 36.4 Å². The molecule has 0 radical (unpaired) electrons. The maximum absolute atomic E-state index is 12.0. The minimum atomic E-state index is -0.620. The number of hydrogen-bond acceptors (Lipinski definition) is 2. The number of benzene rings is 2. The maximum atomic E-state index is 12.0. The molecule has 1 atom stereocenters. The quantitative estimate of drug-likeness (QED) is 0.862. The van der Waals surface area contributed by atoms with E-state index in [4.69, 9.17) is 12.2 Å². The van der Waals surface area contributed by atoms with Gasteiger partial charge in [-0.25, -0.2) is 0 Å². The van der Waals surface area contributed by atoms with Gasteiger partial charge in [-0.2, -0.15) is 0 Å². The molecule has 0 aliphatic rings. The van der Waals surface area contributed by atoms with Gasteiger partial charge < -0.3 is 10.6 Å². The summed E-state index contributed by atoms with van der Waals surface area (Å²) < 4.78 is 0. The number of carbonyl (C=O) groups excluding carboxylic acids is 1. The molecule has 0 aliphatic carbocycles. The Hall–Kier alpha value is -2.31. The highest BCUT2D eigenvalue weighted by molar-refractivity contribution is 5.84. The third-order valence-electron chi connectivity index (χ3n) is 3.26. The van der Waals surface area contributed by atoms with Crippen molar-refractivity contribution in [2.45, 2.75) is 19.0 Å². The molecule has 2 aromatic carbocycles. The van der Waals surface area contributed by atoms with Crippen LogP contribution in [0.4, 0.5) is 0 Å². The first-order chi connectivity index (χ1) is 9.61. The molecule has 0 bridgehead atoms. The molecular weight excluding hydrogens is 248 g/mol. The lowest BCUT2D eigenvalue weighted by molar-refractivity contribution is -0.131. The van der Waals surface area contributed by atoms with Gasteiger partial charge in [0.05, 0.1) is 6.04 Å². The van der Waals surface area contributed by atoms with E-state index in [9.17, 15) is 4.79 Å². The number of fused-ring (bicyclic) bond motifs is 1. The van der Waals surface area contributed by atoms with Crippen LogP contribution in [0.1, 0.15) is 12.0 Å². The Balaban J connectivity index is 2.11. The predicted octanol–water partition coefficient (Wildman–Crippen LogP) is 2.15. The summed E-state index contributed by atoms with van der Waals surface area (Å²) in [6.45, 7) is 0.530. The van der Waals surface area contributed by atoms with Crippen LogP contribution in [0.3, 0.4) is 0 Å². The molecule has 0 saturated carbocycles. The number of hydrogen-bond donors (Lipinski definition) is 1.